The summed E-state index contributed by atoms with van der Waals surface area (Å²) in [5.41, 5.74) is 0. The van der Waals surface area contributed by atoms with Gasteiger partial charge in [0.05, 0.1) is 37.6 Å². The third kappa shape index (κ3) is 16.6. The highest BCUT2D eigenvalue weighted by atomic mass is 16.7. The van der Waals surface area contributed by atoms with Crippen molar-refractivity contribution in [2.45, 2.75) is 242 Å². The van der Waals surface area contributed by atoms with Crippen molar-refractivity contribution >= 4 is 11.9 Å². The number of ether oxygens (including phenoxy) is 6. The zero-order valence-electron chi connectivity index (χ0n) is 32.1. The predicted octanol–water partition coefficient (Wildman–Crippen LogP) is 10.1. The number of hydrogen-bond donors (Lipinski definition) is 0. The molecular formula is C42H74O8. The van der Waals surface area contributed by atoms with Crippen LogP contribution in [0, 0.1) is 0 Å². The second-order valence-electron chi connectivity index (χ2n) is 15.8. The van der Waals surface area contributed by atoms with E-state index >= 15 is 0 Å². The molecule has 4 aliphatic rings. The van der Waals surface area contributed by atoms with Crippen molar-refractivity contribution in [1.82, 2.24) is 0 Å². The summed E-state index contributed by atoms with van der Waals surface area (Å²) in [5.74, 6) is -0.380. The van der Waals surface area contributed by atoms with Crippen LogP contribution in [0.4, 0.5) is 0 Å². The summed E-state index contributed by atoms with van der Waals surface area (Å²) >= 11 is 0. The van der Waals surface area contributed by atoms with Gasteiger partial charge in [0, 0.05) is 12.8 Å². The Kier molecular flexibility index (Phi) is 20.7. The van der Waals surface area contributed by atoms with Crippen molar-refractivity contribution in [2.24, 2.45) is 0 Å². The summed E-state index contributed by atoms with van der Waals surface area (Å²) in [7, 11) is 0. The number of carbonyl (C=O) groups is 2. The monoisotopic (exact) mass is 707 g/mol. The standard InChI is InChI=1S/C42H74O8/c1-3-5-7-9-13-19-25-33-35(47-33)27-21-15-11-17-23-29-39(43)49-37-31-45-42-38(32-46-41(37)42)50-40(44)30-24-18-12-16-22-28-36-34(48-36)26-20-14-10-8-6-4-2/h33-38,41-42H,3-32H2,1-2H3. The molecule has 8 nitrogen and oxygen atoms in total. The molecule has 0 amide bonds. The summed E-state index contributed by atoms with van der Waals surface area (Å²) in [6, 6.07) is 0. The maximum absolute atomic E-state index is 12.5. The Hall–Kier alpha value is -1.22. The van der Waals surface area contributed by atoms with Gasteiger partial charge in [-0.2, -0.15) is 0 Å². The molecule has 0 aromatic carbocycles. The molecule has 4 heterocycles. The van der Waals surface area contributed by atoms with E-state index in [2.05, 4.69) is 13.8 Å². The molecule has 0 radical (unpaired) electrons. The average molecular weight is 707 g/mol. The van der Waals surface area contributed by atoms with E-state index in [0.717, 1.165) is 38.5 Å². The lowest BCUT2D eigenvalue weighted by molar-refractivity contribution is -0.155. The van der Waals surface area contributed by atoms with Gasteiger partial charge in [-0.15, -0.1) is 0 Å². The fourth-order valence-electron chi connectivity index (χ4n) is 8.00. The molecular weight excluding hydrogens is 632 g/mol. The number of carbonyl (C=O) groups excluding carboxylic acids is 2. The normalized spacial score (nSPS) is 28.1. The summed E-state index contributed by atoms with van der Waals surface area (Å²) < 4.78 is 35.0. The maximum Gasteiger partial charge on any atom is 0.306 e. The van der Waals surface area contributed by atoms with Crippen LogP contribution in [0.25, 0.3) is 0 Å². The summed E-state index contributed by atoms with van der Waals surface area (Å²) in [6.07, 6.45) is 33.2. The topological polar surface area (TPSA) is 96.1 Å². The van der Waals surface area contributed by atoms with E-state index in [1.165, 1.54) is 128 Å². The fraction of sp³-hybridized carbons (Fsp3) is 0.952. The third-order valence-electron chi connectivity index (χ3n) is 11.3. The Morgan fingerprint density at radius 2 is 0.740 bits per heavy atom. The van der Waals surface area contributed by atoms with Gasteiger partial charge in [-0.25, -0.2) is 0 Å². The molecule has 4 rings (SSSR count). The van der Waals surface area contributed by atoms with Crippen LogP contribution in [0.2, 0.25) is 0 Å². The predicted molar refractivity (Wildman–Crippen MR) is 197 cm³/mol. The van der Waals surface area contributed by atoms with Crippen molar-refractivity contribution < 1.29 is 38.0 Å². The lowest BCUT2D eigenvalue weighted by Crippen LogP contribution is -2.35. The zero-order chi connectivity index (χ0) is 35.2. The third-order valence-corrected chi connectivity index (χ3v) is 11.3. The Morgan fingerprint density at radius 3 is 1.08 bits per heavy atom. The van der Waals surface area contributed by atoms with E-state index in [9.17, 15) is 9.59 Å². The van der Waals surface area contributed by atoms with Crippen LogP contribution in [0.1, 0.15) is 194 Å². The molecule has 0 spiro atoms. The minimum Gasteiger partial charge on any atom is -0.457 e. The molecule has 4 aliphatic heterocycles. The van der Waals surface area contributed by atoms with Crippen LogP contribution in [0.15, 0.2) is 0 Å². The quantitative estimate of drug-likeness (QED) is 0.0388. The van der Waals surface area contributed by atoms with E-state index in [0.29, 0.717) is 50.5 Å². The highest BCUT2D eigenvalue weighted by molar-refractivity contribution is 5.70. The summed E-state index contributed by atoms with van der Waals surface area (Å²) in [4.78, 5) is 25.1. The molecule has 4 saturated heterocycles. The van der Waals surface area contributed by atoms with Crippen LogP contribution < -0.4 is 0 Å². The van der Waals surface area contributed by atoms with Gasteiger partial charge < -0.3 is 28.4 Å². The first-order valence-corrected chi connectivity index (χ1v) is 21.5. The molecule has 0 aromatic rings. The van der Waals surface area contributed by atoms with Crippen molar-refractivity contribution in [3.05, 3.63) is 0 Å². The van der Waals surface area contributed by atoms with Gasteiger partial charge in [0.2, 0.25) is 0 Å². The summed E-state index contributed by atoms with van der Waals surface area (Å²) in [6.45, 7) is 5.12. The van der Waals surface area contributed by atoms with E-state index in [1.807, 2.05) is 0 Å². The first kappa shape index (κ1) is 41.5. The van der Waals surface area contributed by atoms with Gasteiger partial charge in [-0.3, -0.25) is 9.59 Å². The van der Waals surface area contributed by atoms with E-state index in [4.69, 9.17) is 28.4 Å². The smallest absolute Gasteiger partial charge is 0.306 e. The number of rotatable bonds is 32. The Labute approximate surface area is 305 Å². The van der Waals surface area contributed by atoms with E-state index in [-0.39, 0.29) is 24.1 Å². The lowest BCUT2D eigenvalue weighted by Gasteiger charge is -2.17. The molecule has 8 atom stereocenters. The van der Waals surface area contributed by atoms with Crippen molar-refractivity contribution in [3.63, 3.8) is 0 Å². The molecule has 50 heavy (non-hydrogen) atoms. The molecule has 0 saturated carbocycles. The van der Waals surface area contributed by atoms with Crippen LogP contribution in [0.3, 0.4) is 0 Å². The second kappa shape index (κ2) is 24.9. The van der Waals surface area contributed by atoms with Gasteiger partial charge in [-0.1, -0.05) is 142 Å². The largest absolute Gasteiger partial charge is 0.457 e. The Morgan fingerprint density at radius 1 is 0.440 bits per heavy atom. The second-order valence-corrected chi connectivity index (χ2v) is 15.8. The SMILES string of the molecule is CCCCCCCCC1OC1CCCCCCCC(=O)OC1COC2C(OC(=O)CCCCCCCC3OC3CCCCCCCC)COC12. The Bertz CT molecular complexity index is 840. The van der Waals surface area contributed by atoms with Crippen LogP contribution in [-0.4, -0.2) is 74.0 Å². The van der Waals surface area contributed by atoms with Crippen LogP contribution in [-0.2, 0) is 38.0 Å². The number of epoxide rings is 2. The molecule has 8 heteroatoms. The number of fused-ring (bicyclic) bond motifs is 1. The van der Waals surface area contributed by atoms with Gasteiger partial charge >= 0.3 is 11.9 Å². The first-order chi connectivity index (χ1) is 24.6. The molecule has 0 bridgehead atoms. The molecule has 4 fully saturated rings. The number of hydrogen-bond acceptors (Lipinski definition) is 8. The lowest BCUT2D eigenvalue weighted by atomic mass is 10.0. The maximum atomic E-state index is 12.5. The highest BCUT2D eigenvalue weighted by Gasteiger charge is 2.51. The molecule has 8 unspecified atom stereocenters. The number of esters is 2. The van der Waals surface area contributed by atoms with Crippen molar-refractivity contribution in [2.75, 3.05) is 13.2 Å². The molecule has 0 aromatic heterocycles. The van der Waals surface area contributed by atoms with Crippen LogP contribution >= 0.6 is 0 Å². The van der Waals surface area contributed by atoms with E-state index in [1.54, 1.807) is 0 Å². The van der Waals surface area contributed by atoms with Gasteiger partial charge in [-0.05, 0) is 38.5 Å². The van der Waals surface area contributed by atoms with Gasteiger partial charge in [0.1, 0.15) is 12.2 Å². The zero-order valence-corrected chi connectivity index (χ0v) is 32.1. The number of unbranched alkanes of at least 4 members (excludes halogenated alkanes) is 18. The molecule has 0 aliphatic carbocycles. The average Bonchev–Trinajstić information content (AvgIpc) is 3.96. The van der Waals surface area contributed by atoms with Gasteiger partial charge in [0.25, 0.3) is 0 Å². The molecule has 0 N–H and O–H groups in total. The highest BCUT2D eigenvalue weighted by Crippen LogP contribution is 2.34. The van der Waals surface area contributed by atoms with Crippen molar-refractivity contribution in [3.8, 4) is 0 Å². The fourth-order valence-corrected chi connectivity index (χ4v) is 8.00. The van der Waals surface area contributed by atoms with Crippen LogP contribution in [0.5, 0.6) is 0 Å². The first-order valence-electron chi connectivity index (χ1n) is 21.5. The minimum atomic E-state index is -0.425. The summed E-state index contributed by atoms with van der Waals surface area (Å²) in [5, 5.41) is 0. The molecule has 290 valence electrons. The Balaban J connectivity index is 0.911. The van der Waals surface area contributed by atoms with Crippen molar-refractivity contribution in [1.29, 1.82) is 0 Å². The van der Waals surface area contributed by atoms with E-state index < -0.39 is 12.2 Å². The van der Waals surface area contributed by atoms with Gasteiger partial charge in [0.15, 0.2) is 12.2 Å². The minimum absolute atomic E-state index is 0.190.